The van der Waals surface area contributed by atoms with Crippen molar-refractivity contribution in [2.24, 2.45) is 5.92 Å². The van der Waals surface area contributed by atoms with Gasteiger partial charge in [0.05, 0.1) is 23.6 Å². The number of halogens is 1. The number of imide groups is 1. The van der Waals surface area contributed by atoms with Crippen molar-refractivity contribution in [1.82, 2.24) is 15.2 Å². The van der Waals surface area contributed by atoms with E-state index >= 15 is 0 Å². The van der Waals surface area contributed by atoms with Crippen molar-refractivity contribution in [3.8, 4) is 0 Å². The maximum atomic E-state index is 13.7. The van der Waals surface area contributed by atoms with Gasteiger partial charge in [-0.15, -0.1) is 0 Å². The Hall–Kier alpha value is -3.76. The Morgan fingerprint density at radius 3 is 2.77 bits per heavy atom. The summed E-state index contributed by atoms with van der Waals surface area (Å²) in [7, 11) is 1.25. The molecule has 5 rings (SSSR count). The first kappa shape index (κ1) is 23.0. The molecule has 2 aliphatic heterocycles. The number of methoxy groups -OCH3 is 1. The van der Waals surface area contributed by atoms with Gasteiger partial charge in [-0.25, -0.2) is 4.79 Å². The number of nitrogens with zero attached hydrogens (tertiary/aromatic N) is 2. The van der Waals surface area contributed by atoms with Gasteiger partial charge in [-0.1, -0.05) is 29.8 Å². The number of para-hydroxylation sites is 1. The minimum atomic E-state index is -1.53. The number of ether oxygens (including phenoxy) is 1. The summed E-state index contributed by atoms with van der Waals surface area (Å²) in [6, 6.07) is 11.3. The zero-order valence-electron chi connectivity index (χ0n) is 18.7. The van der Waals surface area contributed by atoms with Crippen LogP contribution in [0, 0.1) is 16.0 Å². The Bertz CT molecular complexity index is 1400. The van der Waals surface area contributed by atoms with Crippen LogP contribution in [0.4, 0.5) is 5.69 Å². The number of carbonyl (C=O) groups is 3. The lowest BCUT2D eigenvalue weighted by Crippen LogP contribution is -2.60. The topological polar surface area (TPSA) is 135 Å². The van der Waals surface area contributed by atoms with E-state index < -0.39 is 39.9 Å². The first-order valence-electron chi connectivity index (χ1n) is 11.0. The van der Waals surface area contributed by atoms with Crippen LogP contribution in [0.3, 0.4) is 0 Å². The molecule has 3 heterocycles. The maximum Gasteiger partial charge on any atom is 0.333 e. The van der Waals surface area contributed by atoms with Crippen LogP contribution < -0.4 is 5.32 Å². The second kappa shape index (κ2) is 8.47. The summed E-state index contributed by atoms with van der Waals surface area (Å²) < 4.78 is 5.17. The Kier molecular flexibility index (Phi) is 5.57. The number of benzene rings is 2. The summed E-state index contributed by atoms with van der Waals surface area (Å²) in [5, 5.41) is 15.8. The Labute approximate surface area is 204 Å². The number of nitro benzene ring substituents is 1. The lowest BCUT2D eigenvalue weighted by Gasteiger charge is -2.39. The molecule has 10 nitrogen and oxygen atoms in total. The van der Waals surface area contributed by atoms with Crippen LogP contribution in [0.15, 0.2) is 42.5 Å². The van der Waals surface area contributed by atoms with E-state index in [2.05, 4.69) is 10.3 Å². The Morgan fingerprint density at radius 2 is 2.03 bits per heavy atom. The van der Waals surface area contributed by atoms with Crippen molar-refractivity contribution in [3.05, 3.63) is 74.4 Å². The number of hydrogen-bond donors (Lipinski definition) is 2. The lowest BCUT2D eigenvalue weighted by molar-refractivity contribution is -0.385. The summed E-state index contributed by atoms with van der Waals surface area (Å²) in [6.45, 7) is 0.419. The maximum absolute atomic E-state index is 13.7. The number of nitro groups is 1. The predicted octanol–water partition coefficient (Wildman–Crippen LogP) is 2.93. The van der Waals surface area contributed by atoms with Crippen LogP contribution in [0.25, 0.3) is 10.9 Å². The molecule has 2 N–H and O–H groups in total. The van der Waals surface area contributed by atoms with E-state index in [0.717, 1.165) is 27.4 Å². The zero-order valence-corrected chi connectivity index (χ0v) is 19.4. The van der Waals surface area contributed by atoms with E-state index in [1.54, 1.807) is 0 Å². The van der Waals surface area contributed by atoms with Crippen molar-refractivity contribution in [1.29, 1.82) is 0 Å². The van der Waals surface area contributed by atoms with Gasteiger partial charge in [0, 0.05) is 35.1 Å². The SMILES string of the molecule is COC(=O)[C@]1([C@H]2CCN(C(=O)c3ccc(Cl)cc3[N+](=O)[O-])C2=O)NCCc2c1[nH]c1ccccc21. The fraction of sp³-hybridized carbons (Fsp3) is 0.292. The fourth-order valence-corrected chi connectivity index (χ4v) is 5.48. The highest BCUT2D eigenvalue weighted by Crippen LogP contribution is 2.43. The van der Waals surface area contributed by atoms with E-state index in [1.807, 2.05) is 24.3 Å². The molecule has 0 unspecified atom stereocenters. The normalized spacial score (nSPS) is 21.7. The van der Waals surface area contributed by atoms with Crippen molar-refractivity contribution in [2.75, 3.05) is 20.2 Å². The molecule has 3 aromatic rings. The second-order valence-corrected chi connectivity index (χ2v) is 8.99. The molecule has 1 saturated heterocycles. The van der Waals surface area contributed by atoms with Crippen molar-refractivity contribution >= 4 is 46.0 Å². The molecular weight excluding hydrogens is 476 g/mol. The first-order valence-corrected chi connectivity index (χ1v) is 11.4. The van der Waals surface area contributed by atoms with E-state index in [-0.39, 0.29) is 23.6 Å². The molecule has 180 valence electrons. The zero-order chi connectivity index (χ0) is 24.9. The van der Waals surface area contributed by atoms with Gasteiger partial charge in [0.25, 0.3) is 11.6 Å². The molecule has 0 aliphatic carbocycles. The standard InChI is InChI=1S/C24H21ClN4O6/c1-35-23(32)24(20-15(8-10-26-24)14-4-2-3-5-18(14)27-20)17-9-11-28(22(17)31)21(30)16-7-6-13(25)12-19(16)29(33)34/h2-7,12,17,26-27H,8-11H2,1H3/t17-,24+/m0/s1. The number of likely N-dealkylation sites (tertiary alicyclic amines) is 1. The number of nitrogens with one attached hydrogen (secondary N) is 2. The third-order valence-electron chi connectivity index (χ3n) is 6.85. The molecule has 2 amide bonds. The monoisotopic (exact) mass is 496 g/mol. The predicted molar refractivity (Wildman–Crippen MR) is 126 cm³/mol. The van der Waals surface area contributed by atoms with Gasteiger partial charge in [-0.05, 0) is 36.6 Å². The quantitative estimate of drug-likeness (QED) is 0.245. The van der Waals surface area contributed by atoms with Crippen LogP contribution in [0.2, 0.25) is 5.02 Å². The van der Waals surface area contributed by atoms with Crippen LogP contribution in [0.1, 0.15) is 28.0 Å². The molecule has 0 spiro atoms. The van der Waals surface area contributed by atoms with E-state index in [4.69, 9.17) is 16.3 Å². The summed E-state index contributed by atoms with van der Waals surface area (Å²) in [4.78, 5) is 55.3. The summed E-state index contributed by atoms with van der Waals surface area (Å²) in [6.07, 6.45) is 0.807. The highest BCUT2D eigenvalue weighted by Gasteiger charge is 2.58. The molecule has 0 radical (unpaired) electrons. The van der Waals surface area contributed by atoms with Gasteiger partial charge in [-0.2, -0.15) is 0 Å². The fourth-order valence-electron chi connectivity index (χ4n) is 5.31. The molecule has 2 aliphatic rings. The number of fused-ring (bicyclic) bond motifs is 3. The molecule has 2 aromatic carbocycles. The molecule has 0 saturated carbocycles. The van der Waals surface area contributed by atoms with E-state index in [0.29, 0.717) is 18.7 Å². The highest BCUT2D eigenvalue weighted by atomic mass is 35.5. The minimum absolute atomic E-state index is 0.00188. The molecule has 0 bridgehead atoms. The van der Waals surface area contributed by atoms with E-state index in [9.17, 15) is 24.5 Å². The number of aromatic amines is 1. The van der Waals surface area contributed by atoms with Gasteiger partial charge >= 0.3 is 5.97 Å². The average molecular weight is 497 g/mol. The molecular formula is C24H21ClN4O6. The molecule has 11 heteroatoms. The second-order valence-electron chi connectivity index (χ2n) is 8.56. The largest absolute Gasteiger partial charge is 0.467 e. The number of esters is 1. The lowest BCUT2D eigenvalue weighted by atomic mass is 9.75. The highest BCUT2D eigenvalue weighted by molar-refractivity contribution is 6.31. The molecule has 35 heavy (non-hydrogen) atoms. The van der Waals surface area contributed by atoms with Crippen LogP contribution in [-0.2, 0) is 26.3 Å². The molecule has 2 atom stereocenters. The smallest absolute Gasteiger partial charge is 0.333 e. The Morgan fingerprint density at radius 1 is 1.26 bits per heavy atom. The Balaban J connectivity index is 1.58. The van der Waals surface area contributed by atoms with Gasteiger partial charge in [0.1, 0.15) is 5.56 Å². The molecule has 1 aromatic heterocycles. The van der Waals surface area contributed by atoms with Crippen LogP contribution in [-0.4, -0.2) is 52.8 Å². The van der Waals surface area contributed by atoms with Gasteiger partial charge in [-0.3, -0.25) is 29.9 Å². The molecule has 1 fully saturated rings. The van der Waals surface area contributed by atoms with Gasteiger partial charge in [0.15, 0.2) is 5.54 Å². The van der Waals surface area contributed by atoms with E-state index in [1.165, 1.54) is 19.2 Å². The van der Waals surface area contributed by atoms with Crippen molar-refractivity contribution in [2.45, 2.75) is 18.4 Å². The van der Waals surface area contributed by atoms with Crippen molar-refractivity contribution in [3.63, 3.8) is 0 Å². The average Bonchev–Trinajstić information content (AvgIpc) is 3.44. The number of rotatable bonds is 4. The van der Waals surface area contributed by atoms with Crippen LogP contribution >= 0.6 is 11.6 Å². The number of aromatic nitrogens is 1. The van der Waals surface area contributed by atoms with Crippen LogP contribution in [0.5, 0.6) is 0 Å². The third-order valence-corrected chi connectivity index (χ3v) is 7.09. The summed E-state index contributed by atoms with van der Waals surface area (Å²) in [5.41, 5.74) is 0.0140. The number of carbonyl (C=O) groups excluding carboxylic acids is 3. The summed E-state index contributed by atoms with van der Waals surface area (Å²) in [5.74, 6) is -3.02. The summed E-state index contributed by atoms with van der Waals surface area (Å²) >= 11 is 5.87. The minimum Gasteiger partial charge on any atom is -0.467 e. The number of H-pyrrole nitrogens is 1. The van der Waals surface area contributed by atoms with Gasteiger partial charge < -0.3 is 9.72 Å². The number of hydrogen-bond acceptors (Lipinski definition) is 7. The number of amides is 2. The van der Waals surface area contributed by atoms with Gasteiger partial charge in [0.2, 0.25) is 5.91 Å². The third kappa shape index (κ3) is 3.40. The first-order chi connectivity index (χ1) is 16.8. The van der Waals surface area contributed by atoms with Crippen molar-refractivity contribution < 1.29 is 24.0 Å².